The molecule has 27 heavy (non-hydrogen) atoms. The van der Waals surface area contributed by atoms with E-state index in [0.717, 1.165) is 32.6 Å². The van der Waals surface area contributed by atoms with Gasteiger partial charge in [0.15, 0.2) is 11.6 Å². The van der Waals surface area contributed by atoms with E-state index in [-0.39, 0.29) is 11.8 Å². The Hall–Kier alpha value is -2.61. The molecule has 0 atom stereocenters. The van der Waals surface area contributed by atoms with Crippen molar-refractivity contribution in [1.29, 1.82) is 0 Å². The van der Waals surface area contributed by atoms with Crippen LogP contribution in [0.1, 0.15) is 18.9 Å². The third kappa shape index (κ3) is 4.97. The van der Waals surface area contributed by atoms with Crippen LogP contribution in [0.4, 0.5) is 14.9 Å². The summed E-state index contributed by atoms with van der Waals surface area (Å²) in [6, 6.07) is 4.13. The highest BCUT2D eigenvalue weighted by molar-refractivity contribution is 5.89. The summed E-state index contributed by atoms with van der Waals surface area (Å²) in [6.45, 7) is 6.84. The molecule has 1 fully saturated rings. The number of methoxy groups -OCH3 is 1. The third-order valence-corrected chi connectivity index (χ3v) is 4.70. The summed E-state index contributed by atoms with van der Waals surface area (Å²) >= 11 is 0. The van der Waals surface area contributed by atoms with E-state index in [1.807, 2.05) is 10.9 Å². The van der Waals surface area contributed by atoms with Gasteiger partial charge in [0.2, 0.25) is 0 Å². The first-order valence-electron chi connectivity index (χ1n) is 9.22. The van der Waals surface area contributed by atoms with Gasteiger partial charge in [0.25, 0.3) is 0 Å². The number of amides is 2. The van der Waals surface area contributed by atoms with Crippen molar-refractivity contribution in [3.8, 4) is 5.75 Å². The fourth-order valence-electron chi connectivity index (χ4n) is 3.19. The van der Waals surface area contributed by atoms with Crippen molar-refractivity contribution in [2.75, 3.05) is 38.6 Å². The van der Waals surface area contributed by atoms with Crippen LogP contribution in [0.25, 0.3) is 0 Å². The Bertz CT molecular complexity index is 779. The van der Waals surface area contributed by atoms with Crippen LogP contribution in [0.2, 0.25) is 0 Å². The number of aromatic nitrogens is 2. The van der Waals surface area contributed by atoms with Crippen molar-refractivity contribution in [1.82, 2.24) is 19.6 Å². The van der Waals surface area contributed by atoms with Crippen molar-refractivity contribution >= 4 is 11.7 Å². The maximum atomic E-state index is 13.5. The number of hydrogen-bond acceptors (Lipinski definition) is 4. The molecule has 8 heteroatoms. The molecule has 1 N–H and O–H groups in total. The van der Waals surface area contributed by atoms with Crippen molar-refractivity contribution in [2.45, 2.75) is 26.4 Å². The smallest absolute Gasteiger partial charge is 0.321 e. The lowest BCUT2D eigenvalue weighted by molar-refractivity contribution is 0.211. The Labute approximate surface area is 158 Å². The summed E-state index contributed by atoms with van der Waals surface area (Å²) in [5, 5.41) is 7.14. The number of nitrogens with zero attached hydrogens (tertiary/aromatic N) is 4. The van der Waals surface area contributed by atoms with Crippen LogP contribution in [0, 0.1) is 5.82 Å². The van der Waals surface area contributed by atoms with Gasteiger partial charge in [0.1, 0.15) is 0 Å². The molecule has 3 rings (SSSR count). The number of nitrogens with one attached hydrogen (secondary N) is 1. The molecular weight excluding hydrogens is 349 g/mol. The molecule has 2 amide bonds. The van der Waals surface area contributed by atoms with E-state index in [9.17, 15) is 9.18 Å². The van der Waals surface area contributed by atoms with Gasteiger partial charge in [-0.05, 0) is 25.5 Å². The summed E-state index contributed by atoms with van der Waals surface area (Å²) in [5.41, 5.74) is 1.71. The van der Waals surface area contributed by atoms with Crippen LogP contribution < -0.4 is 10.1 Å². The average Bonchev–Trinajstić information content (AvgIpc) is 2.99. The van der Waals surface area contributed by atoms with Gasteiger partial charge in [-0.2, -0.15) is 5.10 Å². The second-order valence-corrected chi connectivity index (χ2v) is 6.60. The van der Waals surface area contributed by atoms with Gasteiger partial charge >= 0.3 is 6.03 Å². The molecule has 0 saturated carbocycles. The van der Waals surface area contributed by atoms with E-state index in [2.05, 4.69) is 28.4 Å². The number of carbonyl (C=O) groups excluding carboxylic acids is 1. The minimum absolute atomic E-state index is 0.113. The van der Waals surface area contributed by atoms with E-state index in [0.29, 0.717) is 18.8 Å². The van der Waals surface area contributed by atoms with Crippen molar-refractivity contribution in [3.05, 3.63) is 42.0 Å². The molecule has 0 aliphatic carbocycles. The molecule has 2 heterocycles. The first kappa shape index (κ1) is 19.2. The molecule has 0 radical (unpaired) electrons. The zero-order valence-corrected chi connectivity index (χ0v) is 15.8. The highest BCUT2D eigenvalue weighted by Crippen LogP contribution is 2.22. The number of urea groups is 1. The SMILES string of the molecule is CCn1cc(CN2CCCN(C(=O)Nc3ccc(F)c(OC)c3)CC2)cn1. The van der Waals surface area contributed by atoms with Gasteiger partial charge in [-0.25, -0.2) is 9.18 Å². The lowest BCUT2D eigenvalue weighted by Gasteiger charge is -2.22. The fourth-order valence-corrected chi connectivity index (χ4v) is 3.19. The second-order valence-electron chi connectivity index (χ2n) is 6.60. The summed E-state index contributed by atoms with van der Waals surface area (Å²) in [4.78, 5) is 16.7. The number of ether oxygens (including phenoxy) is 1. The largest absolute Gasteiger partial charge is 0.494 e. The first-order chi connectivity index (χ1) is 13.1. The van der Waals surface area contributed by atoms with Crippen LogP contribution in [-0.2, 0) is 13.1 Å². The minimum Gasteiger partial charge on any atom is -0.494 e. The number of rotatable bonds is 5. The maximum absolute atomic E-state index is 13.5. The number of benzene rings is 1. The summed E-state index contributed by atoms with van der Waals surface area (Å²) in [5.74, 6) is -0.338. The van der Waals surface area contributed by atoms with Crippen LogP contribution >= 0.6 is 0 Å². The molecule has 1 aromatic carbocycles. The van der Waals surface area contributed by atoms with Gasteiger partial charge < -0.3 is 15.0 Å². The van der Waals surface area contributed by atoms with Gasteiger partial charge in [-0.1, -0.05) is 0 Å². The molecule has 0 bridgehead atoms. The Morgan fingerprint density at radius 1 is 1.30 bits per heavy atom. The topological polar surface area (TPSA) is 62.6 Å². The standard InChI is InChI=1S/C19H26FN5O2/c1-3-25-14-15(12-21-25)13-23-7-4-8-24(10-9-23)19(26)22-16-5-6-17(20)18(11-16)27-2/h5-6,11-12,14H,3-4,7-10,13H2,1-2H3,(H,22,26). The van der Waals surface area contributed by atoms with Gasteiger partial charge in [-0.15, -0.1) is 0 Å². The molecule has 1 aliphatic rings. The highest BCUT2D eigenvalue weighted by atomic mass is 19.1. The molecular formula is C19H26FN5O2. The highest BCUT2D eigenvalue weighted by Gasteiger charge is 2.20. The van der Waals surface area contributed by atoms with Crippen molar-refractivity contribution < 1.29 is 13.9 Å². The molecule has 7 nitrogen and oxygen atoms in total. The van der Waals surface area contributed by atoms with Gasteiger partial charge in [0, 0.05) is 62.8 Å². The number of aryl methyl sites for hydroxylation is 1. The Kier molecular flexibility index (Phi) is 6.28. The summed E-state index contributed by atoms with van der Waals surface area (Å²) < 4.78 is 20.4. The molecule has 146 valence electrons. The van der Waals surface area contributed by atoms with E-state index in [1.165, 1.54) is 30.9 Å². The molecule has 1 saturated heterocycles. The monoisotopic (exact) mass is 375 g/mol. The molecule has 0 unspecified atom stereocenters. The van der Waals surface area contributed by atoms with E-state index < -0.39 is 5.82 Å². The lowest BCUT2D eigenvalue weighted by atomic mass is 10.3. The molecule has 1 aliphatic heterocycles. The number of halogens is 1. The average molecular weight is 375 g/mol. The predicted molar refractivity (Wildman–Crippen MR) is 101 cm³/mol. The van der Waals surface area contributed by atoms with Gasteiger partial charge in [-0.3, -0.25) is 9.58 Å². The predicted octanol–water partition coefficient (Wildman–Crippen LogP) is 2.79. The summed E-state index contributed by atoms with van der Waals surface area (Å²) in [6.07, 6.45) is 4.88. The normalized spacial score (nSPS) is 15.4. The summed E-state index contributed by atoms with van der Waals surface area (Å²) in [7, 11) is 1.40. The van der Waals surface area contributed by atoms with E-state index >= 15 is 0 Å². The second kappa shape index (κ2) is 8.85. The third-order valence-electron chi connectivity index (χ3n) is 4.70. The van der Waals surface area contributed by atoms with Gasteiger partial charge in [0.05, 0.1) is 13.3 Å². The van der Waals surface area contributed by atoms with Crippen molar-refractivity contribution in [2.24, 2.45) is 0 Å². The van der Waals surface area contributed by atoms with E-state index in [1.54, 1.807) is 4.90 Å². The molecule has 1 aromatic heterocycles. The van der Waals surface area contributed by atoms with Crippen LogP contribution in [0.15, 0.2) is 30.6 Å². The maximum Gasteiger partial charge on any atom is 0.321 e. The Morgan fingerprint density at radius 2 is 2.15 bits per heavy atom. The quantitative estimate of drug-likeness (QED) is 0.873. The lowest BCUT2D eigenvalue weighted by Crippen LogP contribution is -2.38. The van der Waals surface area contributed by atoms with Crippen LogP contribution in [0.5, 0.6) is 5.75 Å². The van der Waals surface area contributed by atoms with Crippen molar-refractivity contribution in [3.63, 3.8) is 0 Å². The Balaban J connectivity index is 1.54. The molecule has 0 spiro atoms. The first-order valence-corrected chi connectivity index (χ1v) is 9.22. The minimum atomic E-state index is -0.452. The fraction of sp³-hybridized carbons (Fsp3) is 0.474. The van der Waals surface area contributed by atoms with Crippen LogP contribution in [-0.4, -0.2) is 58.9 Å². The Morgan fingerprint density at radius 3 is 2.89 bits per heavy atom. The number of anilines is 1. The number of hydrogen-bond donors (Lipinski definition) is 1. The zero-order chi connectivity index (χ0) is 19.2. The zero-order valence-electron chi connectivity index (χ0n) is 15.8. The number of carbonyl (C=O) groups is 1. The van der Waals surface area contributed by atoms with E-state index in [4.69, 9.17) is 4.74 Å². The van der Waals surface area contributed by atoms with Crippen LogP contribution in [0.3, 0.4) is 0 Å². The molecule has 2 aromatic rings.